The summed E-state index contributed by atoms with van der Waals surface area (Å²) >= 11 is 0. The van der Waals surface area contributed by atoms with Crippen molar-refractivity contribution in [1.82, 2.24) is 15.3 Å². The van der Waals surface area contributed by atoms with Gasteiger partial charge in [-0.3, -0.25) is 4.79 Å². The van der Waals surface area contributed by atoms with E-state index in [2.05, 4.69) is 29.1 Å². The lowest BCUT2D eigenvalue weighted by Gasteiger charge is -2.18. The average Bonchev–Trinajstić information content (AvgIpc) is 3.14. The Kier molecular flexibility index (Phi) is 6.61. The van der Waals surface area contributed by atoms with Gasteiger partial charge in [-0.1, -0.05) is 32.0 Å². The SMILES string of the molecule is CC(C)C(N)CCC(N)CNC(=O)c1nc2ccc(-c3ccc(F)cc3)cc2[nH]1. The molecule has 0 bridgehead atoms. The van der Waals surface area contributed by atoms with Crippen LogP contribution in [0.2, 0.25) is 0 Å². The van der Waals surface area contributed by atoms with Gasteiger partial charge >= 0.3 is 0 Å². The van der Waals surface area contributed by atoms with Crippen molar-refractivity contribution in [2.45, 2.75) is 38.8 Å². The van der Waals surface area contributed by atoms with Crippen molar-refractivity contribution < 1.29 is 9.18 Å². The number of carbonyl (C=O) groups is 1. The average molecular weight is 397 g/mol. The summed E-state index contributed by atoms with van der Waals surface area (Å²) in [6.45, 7) is 4.53. The highest BCUT2D eigenvalue weighted by Crippen LogP contribution is 2.23. The first kappa shape index (κ1) is 21.0. The van der Waals surface area contributed by atoms with Crippen molar-refractivity contribution in [3.8, 4) is 11.1 Å². The molecule has 2 unspecified atom stereocenters. The van der Waals surface area contributed by atoms with Crippen molar-refractivity contribution >= 4 is 16.9 Å². The van der Waals surface area contributed by atoms with Gasteiger partial charge in [-0.2, -0.15) is 0 Å². The van der Waals surface area contributed by atoms with Crippen molar-refractivity contribution in [2.75, 3.05) is 6.54 Å². The first-order chi connectivity index (χ1) is 13.8. The van der Waals surface area contributed by atoms with Crippen molar-refractivity contribution in [3.05, 3.63) is 54.1 Å². The minimum absolute atomic E-state index is 0.113. The first-order valence-electron chi connectivity index (χ1n) is 9.88. The molecule has 154 valence electrons. The lowest BCUT2D eigenvalue weighted by molar-refractivity contribution is 0.0941. The molecule has 2 atom stereocenters. The van der Waals surface area contributed by atoms with Crippen molar-refractivity contribution in [2.24, 2.45) is 17.4 Å². The zero-order valence-electron chi connectivity index (χ0n) is 16.8. The highest BCUT2D eigenvalue weighted by molar-refractivity contribution is 5.94. The number of H-pyrrole nitrogens is 1. The minimum Gasteiger partial charge on any atom is -0.348 e. The molecule has 1 amide bonds. The second-order valence-corrected chi connectivity index (χ2v) is 7.78. The topological polar surface area (TPSA) is 110 Å². The van der Waals surface area contributed by atoms with Gasteiger partial charge in [0.1, 0.15) is 5.82 Å². The molecule has 2 aromatic carbocycles. The molecule has 3 rings (SSSR count). The molecule has 0 fully saturated rings. The maximum atomic E-state index is 13.1. The van der Waals surface area contributed by atoms with Gasteiger partial charge in [0, 0.05) is 18.6 Å². The number of amides is 1. The maximum absolute atomic E-state index is 13.1. The van der Waals surface area contributed by atoms with Crippen LogP contribution in [0.15, 0.2) is 42.5 Å². The molecule has 0 saturated carbocycles. The Hall–Kier alpha value is -2.77. The Morgan fingerprint density at radius 2 is 1.79 bits per heavy atom. The summed E-state index contributed by atoms with van der Waals surface area (Å²) in [6, 6.07) is 11.9. The number of hydrogen-bond donors (Lipinski definition) is 4. The van der Waals surface area contributed by atoms with Crippen LogP contribution >= 0.6 is 0 Å². The highest BCUT2D eigenvalue weighted by atomic mass is 19.1. The van der Waals surface area contributed by atoms with Crippen molar-refractivity contribution in [3.63, 3.8) is 0 Å². The van der Waals surface area contributed by atoms with Crippen molar-refractivity contribution in [1.29, 1.82) is 0 Å². The molecule has 3 aromatic rings. The van der Waals surface area contributed by atoms with Crippen LogP contribution in [-0.4, -0.2) is 34.5 Å². The quantitative estimate of drug-likeness (QED) is 0.468. The number of nitrogens with two attached hydrogens (primary N) is 2. The van der Waals surface area contributed by atoms with Crippen LogP contribution in [0.1, 0.15) is 37.3 Å². The van der Waals surface area contributed by atoms with E-state index in [9.17, 15) is 9.18 Å². The van der Waals surface area contributed by atoms with Gasteiger partial charge < -0.3 is 21.8 Å². The summed E-state index contributed by atoms with van der Waals surface area (Å²) in [5, 5.41) is 2.82. The predicted molar refractivity (Wildman–Crippen MR) is 114 cm³/mol. The number of carbonyl (C=O) groups excluding carboxylic acids is 1. The molecule has 1 aromatic heterocycles. The Labute approximate surface area is 169 Å². The fraction of sp³-hybridized carbons (Fsp3) is 0.364. The number of aromatic amines is 1. The molecule has 7 heteroatoms. The molecular weight excluding hydrogens is 369 g/mol. The third kappa shape index (κ3) is 5.40. The molecule has 6 nitrogen and oxygen atoms in total. The molecule has 0 saturated heterocycles. The Morgan fingerprint density at radius 1 is 1.10 bits per heavy atom. The highest BCUT2D eigenvalue weighted by Gasteiger charge is 2.15. The molecule has 0 aliphatic carbocycles. The van der Waals surface area contributed by atoms with E-state index in [4.69, 9.17) is 11.5 Å². The second kappa shape index (κ2) is 9.15. The molecule has 29 heavy (non-hydrogen) atoms. The second-order valence-electron chi connectivity index (χ2n) is 7.78. The van der Waals surface area contributed by atoms with Gasteiger partial charge in [0.05, 0.1) is 11.0 Å². The van der Waals surface area contributed by atoms with E-state index in [0.29, 0.717) is 18.0 Å². The fourth-order valence-corrected chi connectivity index (χ4v) is 3.09. The molecule has 0 aliphatic rings. The maximum Gasteiger partial charge on any atom is 0.287 e. The normalized spacial score (nSPS) is 13.6. The molecule has 0 spiro atoms. The summed E-state index contributed by atoms with van der Waals surface area (Å²) in [4.78, 5) is 19.8. The standard InChI is InChI=1S/C22H28FN5O/c1-13(2)18(25)9-8-17(24)12-26-22(29)21-27-19-10-5-15(11-20(19)28-21)14-3-6-16(23)7-4-14/h3-7,10-11,13,17-18H,8-9,12,24-25H2,1-2H3,(H,26,29)(H,27,28). The van der Waals surface area contributed by atoms with Gasteiger partial charge in [0.2, 0.25) is 0 Å². The van der Waals surface area contributed by atoms with E-state index >= 15 is 0 Å². The third-order valence-corrected chi connectivity index (χ3v) is 5.13. The van der Waals surface area contributed by atoms with E-state index in [0.717, 1.165) is 29.5 Å². The van der Waals surface area contributed by atoms with Crippen LogP contribution in [0.4, 0.5) is 4.39 Å². The summed E-state index contributed by atoms with van der Waals surface area (Å²) < 4.78 is 13.1. The number of aromatic nitrogens is 2. The first-order valence-corrected chi connectivity index (χ1v) is 9.88. The largest absolute Gasteiger partial charge is 0.348 e. The Morgan fingerprint density at radius 3 is 2.48 bits per heavy atom. The van der Waals surface area contributed by atoms with Crippen LogP contribution in [-0.2, 0) is 0 Å². The minimum atomic E-state index is -0.298. The molecular formula is C22H28FN5O. The van der Waals surface area contributed by atoms with E-state index in [-0.39, 0.29) is 29.6 Å². The predicted octanol–water partition coefficient (Wildman–Crippen LogP) is 3.19. The van der Waals surface area contributed by atoms with Crippen LogP contribution in [0.5, 0.6) is 0 Å². The van der Waals surface area contributed by atoms with E-state index < -0.39 is 0 Å². The number of hydrogen-bond acceptors (Lipinski definition) is 4. The number of benzene rings is 2. The summed E-state index contributed by atoms with van der Waals surface area (Å²) in [5.74, 6) is 0.0716. The summed E-state index contributed by atoms with van der Waals surface area (Å²) in [6.07, 6.45) is 1.58. The van der Waals surface area contributed by atoms with Crippen LogP contribution < -0.4 is 16.8 Å². The van der Waals surface area contributed by atoms with E-state index in [1.54, 1.807) is 12.1 Å². The van der Waals surface area contributed by atoms with Crippen LogP contribution in [0, 0.1) is 11.7 Å². The Bertz CT molecular complexity index is 967. The molecule has 0 radical (unpaired) electrons. The van der Waals surface area contributed by atoms with Gasteiger partial charge in [-0.25, -0.2) is 9.37 Å². The number of nitrogens with zero attached hydrogens (tertiary/aromatic N) is 1. The van der Waals surface area contributed by atoms with Gasteiger partial charge in [-0.05, 0) is 54.2 Å². The zero-order valence-corrected chi connectivity index (χ0v) is 16.8. The number of imidazole rings is 1. The Balaban J connectivity index is 1.62. The molecule has 0 aliphatic heterocycles. The van der Waals surface area contributed by atoms with E-state index in [1.807, 2.05) is 18.2 Å². The lowest BCUT2D eigenvalue weighted by Crippen LogP contribution is -2.39. The third-order valence-electron chi connectivity index (χ3n) is 5.13. The number of fused-ring (bicyclic) bond motifs is 1. The zero-order chi connectivity index (χ0) is 21.0. The number of halogens is 1. The smallest absolute Gasteiger partial charge is 0.287 e. The van der Waals surface area contributed by atoms with E-state index in [1.165, 1.54) is 12.1 Å². The van der Waals surface area contributed by atoms with Crippen LogP contribution in [0.25, 0.3) is 22.2 Å². The van der Waals surface area contributed by atoms with Gasteiger partial charge in [-0.15, -0.1) is 0 Å². The van der Waals surface area contributed by atoms with Crippen LogP contribution in [0.3, 0.4) is 0 Å². The van der Waals surface area contributed by atoms with Gasteiger partial charge in [0.15, 0.2) is 5.82 Å². The summed E-state index contributed by atoms with van der Waals surface area (Å²) in [5.41, 5.74) is 15.4. The molecule has 6 N–H and O–H groups in total. The molecule has 1 heterocycles. The lowest BCUT2D eigenvalue weighted by atomic mass is 9.98. The number of rotatable bonds is 8. The van der Waals surface area contributed by atoms with Gasteiger partial charge in [0.25, 0.3) is 5.91 Å². The fourth-order valence-electron chi connectivity index (χ4n) is 3.09. The summed E-state index contributed by atoms with van der Waals surface area (Å²) in [7, 11) is 0. The number of nitrogens with one attached hydrogen (secondary N) is 2. The monoisotopic (exact) mass is 397 g/mol.